The molecule has 0 radical (unpaired) electrons. The monoisotopic (exact) mass is 363 g/mol. The van der Waals surface area contributed by atoms with E-state index in [0.717, 1.165) is 37.7 Å². The van der Waals surface area contributed by atoms with Crippen LogP contribution in [0.4, 0.5) is 0 Å². The third kappa shape index (κ3) is 6.84. The van der Waals surface area contributed by atoms with Crippen LogP contribution in [0.2, 0.25) is 0 Å². The smallest absolute Gasteiger partial charge is 0.191 e. The Morgan fingerprint density at radius 1 is 1.31 bits per heavy atom. The molecule has 26 heavy (non-hydrogen) atoms. The van der Waals surface area contributed by atoms with Crippen LogP contribution in [0.3, 0.4) is 0 Å². The number of nitrogens with zero attached hydrogens (tertiary/aromatic N) is 1. The molecule has 0 aliphatic carbocycles. The minimum Gasteiger partial charge on any atom is -0.497 e. The Hall–Kier alpha value is -1.79. The molecule has 1 aliphatic rings. The topological polar surface area (TPSA) is 64.1 Å². The van der Waals surface area contributed by atoms with Gasteiger partial charge in [-0.15, -0.1) is 0 Å². The minimum absolute atomic E-state index is 0.195. The first kappa shape index (κ1) is 20.5. The van der Waals surface area contributed by atoms with E-state index >= 15 is 0 Å². The molecule has 0 aromatic heterocycles. The number of guanidine groups is 1. The van der Waals surface area contributed by atoms with Crippen LogP contribution in [0.25, 0.3) is 0 Å². The summed E-state index contributed by atoms with van der Waals surface area (Å²) in [4.78, 5) is 4.30. The summed E-state index contributed by atoms with van der Waals surface area (Å²) < 4.78 is 16.4. The molecular formula is C20H33N3O3. The Labute approximate surface area is 157 Å². The molecular weight excluding hydrogens is 330 g/mol. The van der Waals surface area contributed by atoms with Crippen LogP contribution in [-0.2, 0) is 9.47 Å². The summed E-state index contributed by atoms with van der Waals surface area (Å²) in [6.45, 7) is 7.36. The summed E-state index contributed by atoms with van der Waals surface area (Å²) in [7, 11) is 3.48. The van der Waals surface area contributed by atoms with Crippen LogP contribution >= 0.6 is 0 Å². The number of hydrogen-bond donors (Lipinski definition) is 2. The molecule has 1 heterocycles. The van der Waals surface area contributed by atoms with Crippen LogP contribution < -0.4 is 15.4 Å². The van der Waals surface area contributed by atoms with E-state index in [-0.39, 0.29) is 12.1 Å². The highest BCUT2D eigenvalue weighted by atomic mass is 16.5. The SMILES string of the molecule is CN=C(NCCC(C)c1ccc(OC)cc1)NC(C)COC1CCOC1. The Kier molecular flexibility index (Phi) is 8.71. The summed E-state index contributed by atoms with van der Waals surface area (Å²) in [6, 6.07) is 8.47. The van der Waals surface area contributed by atoms with Gasteiger partial charge in [0.05, 0.1) is 26.4 Å². The van der Waals surface area contributed by atoms with Gasteiger partial charge < -0.3 is 24.8 Å². The molecule has 0 spiro atoms. The largest absolute Gasteiger partial charge is 0.497 e. The third-order valence-electron chi connectivity index (χ3n) is 4.63. The van der Waals surface area contributed by atoms with Gasteiger partial charge in [0.1, 0.15) is 5.75 Å². The zero-order valence-electron chi connectivity index (χ0n) is 16.5. The molecule has 1 fully saturated rings. The molecule has 1 aromatic rings. The highest BCUT2D eigenvalue weighted by molar-refractivity contribution is 5.79. The molecule has 1 aliphatic heterocycles. The number of hydrogen-bond acceptors (Lipinski definition) is 4. The third-order valence-corrected chi connectivity index (χ3v) is 4.63. The van der Waals surface area contributed by atoms with Gasteiger partial charge in [0.15, 0.2) is 5.96 Å². The van der Waals surface area contributed by atoms with Crippen molar-refractivity contribution in [1.82, 2.24) is 10.6 Å². The molecule has 2 N–H and O–H groups in total. The van der Waals surface area contributed by atoms with Crippen LogP contribution in [0.1, 0.15) is 38.2 Å². The molecule has 3 atom stereocenters. The Morgan fingerprint density at radius 2 is 2.08 bits per heavy atom. The standard InChI is InChI=1S/C20H33N3O3/c1-15(17-5-7-18(24-4)8-6-17)9-11-22-20(21-3)23-16(2)13-26-19-10-12-25-14-19/h5-8,15-16,19H,9-14H2,1-4H3,(H2,21,22,23). The second-order valence-electron chi connectivity index (χ2n) is 6.83. The summed E-state index contributed by atoms with van der Waals surface area (Å²) in [6.07, 6.45) is 2.25. The fourth-order valence-electron chi connectivity index (χ4n) is 2.90. The molecule has 1 aromatic carbocycles. The molecule has 0 saturated carbocycles. The van der Waals surface area contributed by atoms with Gasteiger partial charge in [-0.2, -0.15) is 0 Å². The van der Waals surface area contributed by atoms with Crippen molar-refractivity contribution in [2.24, 2.45) is 4.99 Å². The molecule has 0 amide bonds. The molecule has 6 heteroatoms. The number of aliphatic imine (C=N–C) groups is 1. The second kappa shape index (κ2) is 11.0. The van der Waals surface area contributed by atoms with Crippen molar-refractivity contribution in [3.05, 3.63) is 29.8 Å². The van der Waals surface area contributed by atoms with Gasteiger partial charge in [0.2, 0.25) is 0 Å². The molecule has 146 valence electrons. The number of nitrogens with one attached hydrogen (secondary N) is 2. The maximum absolute atomic E-state index is 5.85. The van der Waals surface area contributed by atoms with Crippen molar-refractivity contribution in [3.8, 4) is 5.75 Å². The van der Waals surface area contributed by atoms with Crippen molar-refractivity contribution < 1.29 is 14.2 Å². The van der Waals surface area contributed by atoms with Gasteiger partial charge in [-0.1, -0.05) is 19.1 Å². The lowest BCUT2D eigenvalue weighted by Crippen LogP contribution is -2.44. The first-order chi connectivity index (χ1) is 12.6. The van der Waals surface area contributed by atoms with Gasteiger partial charge >= 0.3 is 0 Å². The van der Waals surface area contributed by atoms with Gasteiger partial charge in [0, 0.05) is 26.2 Å². The quantitative estimate of drug-likeness (QED) is 0.521. The Morgan fingerprint density at radius 3 is 2.69 bits per heavy atom. The summed E-state index contributed by atoms with van der Waals surface area (Å²) in [5, 5.41) is 6.76. The van der Waals surface area contributed by atoms with E-state index in [2.05, 4.69) is 41.6 Å². The number of rotatable bonds is 9. The van der Waals surface area contributed by atoms with Crippen LogP contribution in [0.5, 0.6) is 5.75 Å². The van der Waals surface area contributed by atoms with E-state index in [4.69, 9.17) is 14.2 Å². The zero-order chi connectivity index (χ0) is 18.8. The van der Waals surface area contributed by atoms with E-state index < -0.39 is 0 Å². The number of methoxy groups -OCH3 is 1. The zero-order valence-corrected chi connectivity index (χ0v) is 16.5. The van der Waals surface area contributed by atoms with Crippen LogP contribution in [0.15, 0.2) is 29.3 Å². The lowest BCUT2D eigenvalue weighted by atomic mass is 9.98. The van der Waals surface area contributed by atoms with Crippen molar-refractivity contribution in [1.29, 1.82) is 0 Å². The summed E-state index contributed by atoms with van der Waals surface area (Å²) in [5.74, 6) is 2.17. The maximum atomic E-state index is 5.85. The molecule has 6 nitrogen and oxygen atoms in total. The van der Waals surface area contributed by atoms with E-state index in [1.165, 1.54) is 5.56 Å². The first-order valence-corrected chi connectivity index (χ1v) is 9.42. The van der Waals surface area contributed by atoms with E-state index in [1.54, 1.807) is 14.2 Å². The number of benzene rings is 1. The van der Waals surface area contributed by atoms with Crippen molar-refractivity contribution in [2.75, 3.05) is 40.5 Å². The van der Waals surface area contributed by atoms with Crippen molar-refractivity contribution in [3.63, 3.8) is 0 Å². The summed E-state index contributed by atoms with van der Waals surface area (Å²) >= 11 is 0. The van der Waals surface area contributed by atoms with Crippen LogP contribution in [-0.4, -0.2) is 58.6 Å². The van der Waals surface area contributed by atoms with Gasteiger partial charge in [-0.25, -0.2) is 0 Å². The van der Waals surface area contributed by atoms with Crippen molar-refractivity contribution >= 4 is 5.96 Å². The molecule has 3 unspecified atom stereocenters. The Bertz CT molecular complexity index is 542. The Balaban J connectivity index is 1.66. The fraction of sp³-hybridized carbons (Fsp3) is 0.650. The molecule has 2 rings (SSSR count). The van der Waals surface area contributed by atoms with Gasteiger partial charge in [0.25, 0.3) is 0 Å². The normalized spacial score (nSPS) is 19.8. The van der Waals surface area contributed by atoms with Gasteiger partial charge in [-0.3, -0.25) is 4.99 Å². The lowest BCUT2D eigenvalue weighted by Gasteiger charge is -2.20. The minimum atomic E-state index is 0.195. The highest BCUT2D eigenvalue weighted by Gasteiger charge is 2.17. The van der Waals surface area contributed by atoms with Crippen LogP contribution in [0, 0.1) is 0 Å². The molecule has 1 saturated heterocycles. The van der Waals surface area contributed by atoms with E-state index in [1.807, 2.05) is 12.1 Å². The highest BCUT2D eigenvalue weighted by Crippen LogP contribution is 2.21. The molecule has 0 bridgehead atoms. The van der Waals surface area contributed by atoms with E-state index in [0.29, 0.717) is 19.1 Å². The van der Waals surface area contributed by atoms with E-state index in [9.17, 15) is 0 Å². The predicted molar refractivity (Wildman–Crippen MR) is 105 cm³/mol. The average Bonchev–Trinajstić information content (AvgIpc) is 3.19. The average molecular weight is 364 g/mol. The number of ether oxygens (including phenoxy) is 3. The maximum Gasteiger partial charge on any atom is 0.191 e. The second-order valence-corrected chi connectivity index (χ2v) is 6.83. The first-order valence-electron chi connectivity index (χ1n) is 9.42. The lowest BCUT2D eigenvalue weighted by molar-refractivity contribution is 0.0347. The van der Waals surface area contributed by atoms with Gasteiger partial charge in [-0.05, 0) is 43.4 Å². The summed E-state index contributed by atoms with van der Waals surface area (Å²) in [5.41, 5.74) is 1.32. The van der Waals surface area contributed by atoms with Crippen molar-refractivity contribution in [2.45, 2.75) is 44.8 Å². The fourth-order valence-corrected chi connectivity index (χ4v) is 2.90. The predicted octanol–water partition coefficient (Wildman–Crippen LogP) is 2.55.